The summed E-state index contributed by atoms with van der Waals surface area (Å²) in [4.78, 5) is 33.2. The number of carbonyl (C=O) groups is 1. The van der Waals surface area contributed by atoms with Crippen LogP contribution in [0.2, 0.25) is 0 Å². The van der Waals surface area contributed by atoms with Crippen molar-refractivity contribution in [2.45, 2.75) is 26.7 Å². The molecule has 5 heterocycles. The van der Waals surface area contributed by atoms with Crippen molar-refractivity contribution in [3.63, 3.8) is 0 Å². The number of fused-ring (bicyclic) bond motifs is 1. The third-order valence-corrected chi connectivity index (χ3v) is 6.48. The van der Waals surface area contributed by atoms with Crippen molar-refractivity contribution in [2.75, 3.05) is 50.7 Å². The number of hydrogen-bond acceptors (Lipinski definition) is 7. The first kappa shape index (κ1) is 20.8. The molecule has 3 aromatic rings. The predicted octanol–water partition coefficient (Wildman–Crippen LogP) is 1.81. The van der Waals surface area contributed by atoms with Crippen molar-refractivity contribution in [1.82, 2.24) is 34.4 Å². The first-order valence-corrected chi connectivity index (χ1v) is 11.5. The van der Waals surface area contributed by atoms with Gasteiger partial charge >= 0.3 is 0 Å². The number of hydrogen-bond donors (Lipinski definition) is 0. The average Bonchev–Trinajstić information content (AvgIpc) is 3.24. The number of carbonyl (C=O) groups excluding carboxylic acids is 1. The van der Waals surface area contributed by atoms with Crippen LogP contribution in [0.4, 0.5) is 5.82 Å². The maximum Gasteiger partial charge on any atom is 0.293 e. The standard InChI is InChI=1S/C23H30N8O/c1-17-14-18(2)31-23(25-17)26-21(27-31)22(32)30-9-5-6-19(16-30)15-28-10-12-29(13-11-28)20-7-3-4-8-24-20/h3-4,7-8,14,19H,5-6,9-13,15-16H2,1-2H3. The van der Waals surface area contributed by atoms with Gasteiger partial charge in [0, 0.05) is 63.4 Å². The van der Waals surface area contributed by atoms with E-state index < -0.39 is 0 Å². The summed E-state index contributed by atoms with van der Waals surface area (Å²) in [7, 11) is 0. The Kier molecular flexibility index (Phi) is 5.73. The second-order valence-electron chi connectivity index (χ2n) is 8.92. The van der Waals surface area contributed by atoms with E-state index in [1.54, 1.807) is 4.52 Å². The van der Waals surface area contributed by atoms with Gasteiger partial charge in [-0.3, -0.25) is 9.69 Å². The number of rotatable bonds is 4. The number of aromatic nitrogens is 5. The fourth-order valence-corrected chi connectivity index (χ4v) is 4.86. The van der Waals surface area contributed by atoms with Gasteiger partial charge in [-0.1, -0.05) is 6.07 Å². The molecule has 0 aromatic carbocycles. The molecule has 0 radical (unpaired) electrons. The zero-order valence-electron chi connectivity index (χ0n) is 18.8. The fraction of sp³-hybridized carbons (Fsp3) is 0.522. The lowest BCUT2D eigenvalue weighted by molar-refractivity contribution is 0.0625. The molecule has 0 aliphatic carbocycles. The topological polar surface area (TPSA) is 82.8 Å². The Bertz CT molecular complexity index is 1090. The number of aryl methyl sites for hydroxylation is 2. The minimum atomic E-state index is -0.0859. The lowest BCUT2D eigenvalue weighted by atomic mass is 9.97. The molecule has 0 spiro atoms. The summed E-state index contributed by atoms with van der Waals surface area (Å²) in [6, 6.07) is 8.02. The number of piperazine rings is 1. The van der Waals surface area contributed by atoms with Crippen molar-refractivity contribution < 1.29 is 4.79 Å². The monoisotopic (exact) mass is 434 g/mol. The summed E-state index contributed by atoms with van der Waals surface area (Å²) in [6.07, 6.45) is 4.03. The quantitative estimate of drug-likeness (QED) is 0.619. The molecule has 0 saturated carbocycles. The zero-order chi connectivity index (χ0) is 22.1. The predicted molar refractivity (Wildman–Crippen MR) is 122 cm³/mol. The van der Waals surface area contributed by atoms with E-state index >= 15 is 0 Å². The van der Waals surface area contributed by atoms with E-state index in [1.807, 2.05) is 43.1 Å². The van der Waals surface area contributed by atoms with Crippen LogP contribution in [-0.2, 0) is 0 Å². The number of pyridine rings is 1. The highest BCUT2D eigenvalue weighted by Gasteiger charge is 2.29. The molecule has 1 unspecified atom stereocenters. The van der Waals surface area contributed by atoms with Gasteiger partial charge in [-0.2, -0.15) is 4.98 Å². The lowest BCUT2D eigenvalue weighted by Gasteiger charge is -2.39. The van der Waals surface area contributed by atoms with Crippen molar-refractivity contribution in [3.8, 4) is 0 Å². The molecule has 5 rings (SSSR count). The van der Waals surface area contributed by atoms with Crippen molar-refractivity contribution in [3.05, 3.63) is 47.7 Å². The van der Waals surface area contributed by atoms with Crippen LogP contribution in [0.15, 0.2) is 30.5 Å². The van der Waals surface area contributed by atoms with E-state index in [1.165, 1.54) is 0 Å². The van der Waals surface area contributed by atoms with E-state index in [-0.39, 0.29) is 11.7 Å². The highest BCUT2D eigenvalue weighted by molar-refractivity contribution is 5.91. The van der Waals surface area contributed by atoms with Gasteiger partial charge in [0.2, 0.25) is 5.82 Å². The minimum absolute atomic E-state index is 0.0859. The van der Waals surface area contributed by atoms with Crippen LogP contribution in [0.25, 0.3) is 5.78 Å². The maximum atomic E-state index is 13.1. The summed E-state index contributed by atoms with van der Waals surface area (Å²) in [6.45, 7) is 10.5. The third kappa shape index (κ3) is 4.29. The van der Waals surface area contributed by atoms with Gasteiger partial charge in [0.05, 0.1) is 0 Å². The van der Waals surface area contributed by atoms with Gasteiger partial charge in [0.15, 0.2) is 0 Å². The maximum absolute atomic E-state index is 13.1. The SMILES string of the molecule is Cc1cc(C)n2nc(C(=O)N3CCCC(CN4CCN(c5ccccn5)CC4)C3)nc2n1. The third-order valence-electron chi connectivity index (χ3n) is 6.48. The smallest absolute Gasteiger partial charge is 0.293 e. The summed E-state index contributed by atoms with van der Waals surface area (Å²) in [5.74, 6) is 2.19. The number of amides is 1. The molecule has 2 saturated heterocycles. The summed E-state index contributed by atoms with van der Waals surface area (Å²) in [5.41, 5.74) is 1.81. The molecule has 9 nitrogen and oxygen atoms in total. The van der Waals surface area contributed by atoms with E-state index in [0.29, 0.717) is 11.7 Å². The molecule has 3 aromatic heterocycles. The summed E-state index contributed by atoms with van der Waals surface area (Å²) < 4.78 is 1.66. The largest absolute Gasteiger partial charge is 0.354 e. The Morgan fingerprint density at radius 3 is 2.72 bits per heavy atom. The Morgan fingerprint density at radius 2 is 1.94 bits per heavy atom. The van der Waals surface area contributed by atoms with E-state index in [0.717, 1.165) is 75.9 Å². The van der Waals surface area contributed by atoms with Crippen LogP contribution in [0.3, 0.4) is 0 Å². The Hall–Kier alpha value is -3.07. The van der Waals surface area contributed by atoms with Crippen LogP contribution in [0, 0.1) is 19.8 Å². The van der Waals surface area contributed by atoms with Crippen molar-refractivity contribution in [1.29, 1.82) is 0 Å². The van der Waals surface area contributed by atoms with Crippen molar-refractivity contribution in [2.24, 2.45) is 5.92 Å². The average molecular weight is 435 g/mol. The van der Waals surface area contributed by atoms with Gasteiger partial charge in [-0.15, -0.1) is 5.10 Å². The van der Waals surface area contributed by atoms with Crippen LogP contribution in [-0.4, -0.2) is 86.1 Å². The molecule has 9 heteroatoms. The van der Waals surface area contributed by atoms with Crippen LogP contribution < -0.4 is 4.90 Å². The number of piperidine rings is 1. The molecule has 1 atom stereocenters. The summed E-state index contributed by atoms with van der Waals surface area (Å²) in [5, 5.41) is 4.44. The van der Waals surface area contributed by atoms with E-state index in [2.05, 4.69) is 35.9 Å². The molecule has 168 valence electrons. The first-order chi connectivity index (χ1) is 15.6. The van der Waals surface area contributed by atoms with Gasteiger partial charge in [0.25, 0.3) is 11.7 Å². The summed E-state index contributed by atoms with van der Waals surface area (Å²) >= 11 is 0. The highest BCUT2D eigenvalue weighted by Crippen LogP contribution is 2.21. The second-order valence-corrected chi connectivity index (χ2v) is 8.92. The molecule has 2 aliphatic rings. The van der Waals surface area contributed by atoms with Crippen LogP contribution >= 0.6 is 0 Å². The van der Waals surface area contributed by atoms with Crippen LogP contribution in [0.5, 0.6) is 0 Å². The normalized spacial score (nSPS) is 20.1. The molecule has 32 heavy (non-hydrogen) atoms. The van der Waals surface area contributed by atoms with Gasteiger partial charge in [-0.05, 0) is 50.8 Å². The molecule has 2 aliphatic heterocycles. The minimum Gasteiger partial charge on any atom is -0.354 e. The number of anilines is 1. The number of nitrogens with zero attached hydrogens (tertiary/aromatic N) is 8. The van der Waals surface area contributed by atoms with Crippen LogP contribution in [0.1, 0.15) is 34.8 Å². The highest BCUT2D eigenvalue weighted by atomic mass is 16.2. The molecule has 0 bridgehead atoms. The van der Waals surface area contributed by atoms with Gasteiger partial charge < -0.3 is 9.80 Å². The van der Waals surface area contributed by atoms with Gasteiger partial charge in [-0.25, -0.2) is 14.5 Å². The molecule has 1 amide bonds. The van der Waals surface area contributed by atoms with Gasteiger partial charge in [0.1, 0.15) is 5.82 Å². The zero-order valence-corrected chi connectivity index (χ0v) is 18.8. The fourth-order valence-electron chi connectivity index (χ4n) is 4.86. The Balaban J connectivity index is 1.19. The van der Waals surface area contributed by atoms with Crippen molar-refractivity contribution >= 4 is 17.5 Å². The lowest BCUT2D eigenvalue weighted by Crippen LogP contribution is -2.50. The molecular formula is C23H30N8O. The molecule has 2 fully saturated rings. The van der Waals surface area contributed by atoms with E-state index in [4.69, 9.17) is 0 Å². The molecular weight excluding hydrogens is 404 g/mol. The second kappa shape index (κ2) is 8.82. The Morgan fingerprint density at radius 1 is 1.09 bits per heavy atom. The number of likely N-dealkylation sites (tertiary alicyclic amines) is 1. The molecule has 0 N–H and O–H groups in total. The first-order valence-electron chi connectivity index (χ1n) is 11.5. The Labute approximate surface area is 188 Å². The van der Waals surface area contributed by atoms with E-state index in [9.17, 15) is 4.79 Å².